The zero-order chi connectivity index (χ0) is 14.4. The maximum Gasteiger partial charge on any atom is 0.193 e. The molecule has 0 aromatic carbocycles. The van der Waals surface area contributed by atoms with Gasteiger partial charge in [-0.1, -0.05) is 6.07 Å². The molecule has 2 aromatic rings. The Labute approximate surface area is 124 Å². The van der Waals surface area contributed by atoms with Crippen LogP contribution in [0.1, 0.15) is 10.6 Å². The van der Waals surface area contributed by atoms with Crippen molar-refractivity contribution < 1.29 is 0 Å². The molecule has 0 radical (unpaired) electrons. The maximum atomic E-state index is 4.34. The van der Waals surface area contributed by atoms with Gasteiger partial charge in [-0.25, -0.2) is 0 Å². The van der Waals surface area contributed by atoms with E-state index in [2.05, 4.69) is 69.7 Å². The summed E-state index contributed by atoms with van der Waals surface area (Å²) in [6, 6.07) is 8.45. The molecule has 0 saturated heterocycles. The van der Waals surface area contributed by atoms with Gasteiger partial charge in [0.05, 0.1) is 6.54 Å². The van der Waals surface area contributed by atoms with E-state index in [4.69, 9.17) is 0 Å². The lowest BCUT2D eigenvalue weighted by molar-refractivity contribution is 0.485. The van der Waals surface area contributed by atoms with Gasteiger partial charge in [0.2, 0.25) is 0 Å². The summed E-state index contributed by atoms with van der Waals surface area (Å²) in [6.45, 7) is 1.76. The van der Waals surface area contributed by atoms with Gasteiger partial charge in [0.25, 0.3) is 0 Å². The molecule has 0 fully saturated rings. The Morgan fingerprint density at radius 3 is 2.85 bits per heavy atom. The van der Waals surface area contributed by atoms with Crippen LogP contribution in [-0.4, -0.2) is 36.1 Å². The molecule has 0 unspecified atom stereocenters. The van der Waals surface area contributed by atoms with Gasteiger partial charge in [-0.15, -0.1) is 11.3 Å². The van der Waals surface area contributed by atoms with E-state index in [9.17, 15) is 0 Å². The second kappa shape index (κ2) is 7.14. The highest BCUT2D eigenvalue weighted by Crippen LogP contribution is 2.09. The summed E-state index contributed by atoms with van der Waals surface area (Å²) in [5.41, 5.74) is 1.25. The molecule has 1 N–H and O–H groups in total. The Kier molecular flexibility index (Phi) is 5.24. The number of aromatic nitrogens is 1. The fourth-order valence-electron chi connectivity index (χ4n) is 2.07. The first kappa shape index (κ1) is 14.7. The van der Waals surface area contributed by atoms with E-state index in [-0.39, 0.29) is 0 Å². The van der Waals surface area contributed by atoms with Gasteiger partial charge in [0.15, 0.2) is 5.96 Å². The fraction of sp³-hybridized carbons (Fsp3) is 0.400. The van der Waals surface area contributed by atoms with Gasteiger partial charge < -0.3 is 14.8 Å². The van der Waals surface area contributed by atoms with Crippen molar-refractivity contribution in [3.8, 4) is 0 Å². The molecule has 0 amide bonds. The van der Waals surface area contributed by atoms with Crippen LogP contribution in [0, 0.1) is 0 Å². The summed E-state index contributed by atoms with van der Waals surface area (Å²) in [7, 11) is 5.96. The number of hydrogen-bond acceptors (Lipinski definition) is 2. The van der Waals surface area contributed by atoms with Crippen LogP contribution < -0.4 is 5.32 Å². The summed E-state index contributed by atoms with van der Waals surface area (Å²) in [5.74, 6) is 0.933. The molecule has 0 spiro atoms. The molecule has 2 heterocycles. The molecule has 20 heavy (non-hydrogen) atoms. The molecule has 0 aliphatic carbocycles. The average Bonchev–Trinajstić information content (AvgIpc) is 3.09. The van der Waals surface area contributed by atoms with Gasteiger partial charge in [0, 0.05) is 44.5 Å². The van der Waals surface area contributed by atoms with E-state index in [1.54, 1.807) is 0 Å². The van der Waals surface area contributed by atoms with Crippen molar-refractivity contribution in [1.82, 2.24) is 14.8 Å². The van der Waals surface area contributed by atoms with Gasteiger partial charge in [0.1, 0.15) is 0 Å². The van der Waals surface area contributed by atoms with Crippen LogP contribution in [0.5, 0.6) is 0 Å². The van der Waals surface area contributed by atoms with Crippen molar-refractivity contribution in [2.75, 3.05) is 20.6 Å². The van der Waals surface area contributed by atoms with E-state index in [1.807, 2.05) is 18.4 Å². The molecule has 2 aromatic heterocycles. The molecule has 0 saturated carbocycles. The molecule has 4 nitrogen and oxygen atoms in total. The Hall–Kier alpha value is -1.75. The average molecular weight is 290 g/mol. The minimum absolute atomic E-state index is 0.791. The Morgan fingerprint density at radius 2 is 2.25 bits per heavy atom. The van der Waals surface area contributed by atoms with Crippen molar-refractivity contribution in [3.63, 3.8) is 0 Å². The first-order valence-electron chi connectivity index (χ1n) is 6.75. The van der Waals surface area contributed by atoms with Crippen LogP contribution in [0.25, 0.3) is 0 Å². The SMILES string of the molecule is CN=C(NCc1cccn1C)N(C)CCc1cccs1. The molecular formula is C15H22N4S. The third kappa shape index (κ3) is 3.87. The zero-order valence-corrected chi connectivity index (χ0v) is 13.2. The van der Waals surface area contributed by atoms with E-state index in [1.165, 1.54) is 10.6 Å². The second-order valence-electron chi connectivity index (χ2n) is 4.76. The summed E-state index contributed by atoms with van der Waals surface area (Å²) in [6.07, 6.45) is 3.11. The first-order valence-corrected chi connectivity index (χ1v) is 7.63. The van der Waals surface area contributed by atoms with Gasteiger partial charge >= 0.3 is 0 Å². The quantitative estimate of drug-likeness (QED) is 0.677. The predicted molar refractivity (Wildman–Crippen MR) is 86.3 cm³/mol. The summed E-state index contributed by atoms with van der Waals surface area (Å²) in [5, 5.41) is 5.52. The standard InChI is InChI=1S/C15H22N4S/c1-16-15(17-12-13-6-4-9-18(13)2)19(3)10-8-14-7-5-11-20-14/h4-7,9,11H,8,10,12H2,1-3H3,(H,16,17). The van der Waals surface area contributed by atoms with E-state index in [0.29, 0.717) is 0 Å². The molecular weight excluding hydrogens is 268 g/mol. The smallest absolute Gasteiger partial charge is 0.193 e. The molecule has 2 rings (SSSR count). The van der Waals surface area contributed by atoms with Crippen molar-refractivity contribution in [3.05, 3.63) is 46.4 Å². The number of hydrogen-bond donors (Lipinski definition) is 1. The maximum absolute atomic E-state index is 4.34. The normalized spacial score (nSPS) is 11.7. The van der Waals surface area contributed by atoms with Crippen LogP contribution in [-0.2, 0) is 20.0 Å². The lowest BCUT2D eigenvalue weighted by atomic mass is 10.3. The lowest BCUT2D eigenvalue weighted by Crippen LogP contribution is -2.39. The number of guanidine groups is 1. The molecule has 0 aliphatic rings. The minimum Gasteiger partial charge on any atom is -0.353 e. The van der Waals surface area contributed by atoms with Gasteiger partial charge in [-0.05, 0) is 30.0 Å². The number of rotatable bonds is 5. The second-order valence-corrected chi connectivity index (χ2v) is 5.79. The number of aliphatic imine (C=N–C) groups is 1. The monoisotopic (exact) mass is 290 g/mol. The van der Waals surface area contributed by atoms with Crippen LogP contribution in [0.4, 0.5) is 0 Å². The number of aryl methyl sites for hydroxylation is 1. The predicted octanol–water partition coefficient (Wildman–Crippen LogP) is 2.34. The van der Waals surface area contributed by atoms with Crippen molar-refractivity contribution in [2.45, 2.75) is 13.0 Å². The van der Waals surface area contributed by atoms with Crippen LogP contribution in [0.15, 0.2) is 40.8 Å². The minimum atomic E-state index is 0.791. The van der Waals surface area contributed by atoms with Crippen LogP contribution in [0.3, 0.4) is 0 Å². The Balaban J connectivity index is 1.83. The third-order valence-electron chi connectivity index (χ3n) is 3.33. The molecule has 108 valence electrons. The highest BCUT2D eigenvalue weighted by Gasteiger charge is 2.07. The van der Waals surface area contributed by atoms with Crippen molar-refractivity contribution in [1.29, 1.82) is 0 Å². The number of nitrogens with zero attached hydrogens (tertiary/aromatic N) is 3. The summed E-state index contributed by atoms with van der Waals surface area (Å²) in [4.78, 5) is 7.92. The van der Waals surface area contributed by atoms with Crippen LogP contribution >= 0.6 is 11.3 Å². The van der Waals surface area contributed by atoms with Crippen LogP contribution in [0.2, 0.25) is 0 Å². The van der Waals surface area contributed by atoms with Crippen molar-refractivity contribution in [2.24, 2.45) is 12.0 Å². The Bertz CT molecular complexity index is 542. The van der Waals surface area contributed by atoms with Gasteiger partial charge in [-0.3, -0.25) is 4.99 Å². The number of thiophene rings is 1. The number of nitrogens with one attached hydrogen (secondary N) is 1. The lowest BCUT2D eigenvalue weighted by Gasteiger charge is -2.22. The van der Waals surface area contributed by atoms with Gasteiger partial charge in [-0.2, -0.15) is 0 Å². The highest BCUT2D eigenvalue weighted by molar-refractivity contribution is 7.09. The third-order valence-corrected chi connectivity index (χ3v) is 4.26. The molecule has 0 aliphatic heterocycles. The summed E-state index contributed by atoms with van der Waals surface area (Å²) < 4.78 is 2.12. The number of likely N-dealkylation sites (N-methyl/N-ethyl adjacent to an activating group) is 1. The van der Waals surface area contributed by atoms with Crippen molar-refractivity contribution >= 4 is 17.3 Å². The zero-order valence-electron chi connectivity index (χ0n) is 12.3. The molecule has 0 bridgehead atoms. The van der Waals surface area contributed by atoms with E-state index >= 15 is 0 Å². The molecule has 5 heteroatoms. The Morgan fingerprint density at radius 1 is 1.40 bits per heavy atom. The summed E-state index contributed by atoms with van der Waals surface area (Å²) >= 11 is 1.81. The van der Waals surface area contributed by atoms with E-state index < -0.39 is 0 Å². The first-order chi connectivity index (χ1) is 9.70. The van der Waals surface area contributed by atoms with E-state index in [0.717, 1.165) is 25.5 Å². The fourth-order valence-corrected chi connectivity index (χ4v) is 2.77. The molecule has 0 atom stereocenters. The topological polar surface area (TPSA) is 32.6 Å². The largest absolute Gasteiger partial charge is 0.353 e. The highest BCUT2D eigenvalue weighted by atomic mass is 32.1.